The minimum atomic E-state index is -4.13. The molecule has 106 valence electrons. The van der Waals surface area contributed by atoms with Crippen molar-refractivity contribution in [1.29, 1.82) is 0 Å². The third-order valence-corrected chi connectivity index (χ3v) is 5.14. The fraction of sp³-hybridized carbons (Fsp3) is 0.167. The number of hydrogen-bond donors (Lipinski definition) is 0. The van der Waals surface area contributed by atoms with Crippen molar-refractivity contribution >= 4 is 53.4 Å². The van der Waals surface area contributed by atoms with Crippen LogP contribution in [0.15, 0.2) is 33.8 Å². The zero-order valence-corrected chi connectivity index (χ0v) is 13.8. The molecule has 0 bridgehead atoms. The number of halogens is 2. The van der Waals surface area contributed by atoms with Crippen LogP contribution in [0.2, 0.25) is 5.15 Å². The molecule has 1 aromatic carbocycles. The summed E-state index contributed by atoms with van der Waals surface area (Å²) in [7, 11) is -1.37. The van der Waals surface area contributed by atoms with E-state index in [0.29, 0.717) is 15.2 Å². The first-order chi connectivity index (χ1) is 9.25. The molecule has 0 fully saturated rings. The highest BCUT2D eigenvalue weighted by Gasteiger charge is 2.29. The van der Waals surface area contributed by atoms with Gasteiger partial charge in [-0.15, -0.1) is 0 Å². The molecule has 0 aliphatic rings. The highest BCUT2D eigenvalue weighted by molar-refractivity contribution is 9.10. The van der Waals surface area contributed by atoms with Crippen LogP contribution in [-0.4, -0.2) is 37.6 Å². The van der Waals surface area contributed by atoms with Crippen LogP contribution in [0.5, 0.6) is 0 Å². The van der Waals surface area contributed by atoms with E-state index in [2.05, 4.69) is 20.9 Å². The van der Waals surface area contributed by atoms with Crippen LogP contribution in [0.25, 0.3) is 10.8 Å². The summed E-state index contributed by atoms with van der Waals surface area (Å²) in [5, 5.41) is 0.0273. The quantitative estimate of drug-likeness (QED) is 0.716. The van der Waals surface area contributed by atoms with Crippen molar-refractivity contribution in [3.8, 4) is 0 Å². The lowest BCUT2D eigenvalue weighted by Crippen LogP contribution is -2.28. The summed E-state index contributed by atoms with van der Waals surface area (Å²) in [5.74, 6) is 0. The molecule has 0 N–H and O–H groups in total. The summed E-state index contributed by atoms with van der Waals surface area (Å²) in [6.07, 6.45) is 1.40. The lowest BCUT2D eigenvalue weighted by molar-refractivity contribution is 0.238. The second-order valence-corrected chi connectivity index (χ2v) is 7.33. The van der Waals surface area contributed by atoms with E-state index in [-0.39, 0.29) is 10.0 Å². The summed E-state index contributed by atoms with van der Waals surface area (Å²) in [6, 6.07) is 4.56. The Labute approximate surface area is 129 Å². The fourth-order valence-corrected chi connectivity index (χ4v) is 3.98. The van der Waals surface area contributed by atoms with Crippen molar-refractivity contribution in [2.45, 2.75) is 4.90 Å². The molecule has 0 atom stereocenters. The van der Waals surface area contributed by atoms with E-state index >= 15 is 0 Å². The van der Waals surface area contributed by atoms with Crippen LogP contribution >= 0.6 is 27.5 Å². The van der Waals surface area contributed by atoms with Crippen molar-refractivity contribution in [3.63, 3.8) is 0 Å². The number of hydrogen-bond acceptors (Lipinski definition) is 4. The van der Waals surface area contributed by atoms with Gasteiger partial charge in [0.25, 0.3) is 9.84 Å². The molecule has 0 spiro atoms. The molecule has 5 nitrogen and oxygen atoms in total. The van der Waals surface area contributed by atoms with Gasteiger partial charge in [0.1, 0.15) is 5.15 Å². The number of carbonyl (C=O) groups excluding carboxylic acids is 1. The molecule has 1 amide bonds. The molecular formula is C12H10BrClN2O3S. The summed E-state index contributed by atoms with van der Waals surface area (Å²) in [5.41, 5.74) is 0. The molecule has 0 radical (unpaired) electrons. The van der Waals surface area contributed by atoms with Crippen molar-refractivity contribution in [2.75, 3.05) is 14.1 Å². The van der Waals surface area contributed by atoms with E-state index in [4.69, 9.17) is 11.6 Å². The van der Waals surface area contributed by atoms with Crippen LogP contribution < -0.4 is 0 Å². The average Bonchev–Trinajstić information content (AvgIpc) is 2.38. The molecule has 8 heteroatoms. The summed E-state index contributed by atoms with van der Waals surface area (Å²) < 4.78 is 25.3. The van der Waals surface area contributed by atoms with Crippen molar-refractivity contribution < 1.29 is 13.2 Å². The van der Waals surface area contributed by atoms with E-state index < -0.39 is 15.1 Å². The number of amides is 1. The van der Waals surface area contributed by atoms with E-state index in [9.17, 15) is 13.2 Å². The van der Waals surface area contributed by atoms with Gasteiger partial charge in [-0.1, -0.05) is 27.5 Å². The predicted molar refractivity (Wildman–Crippen MR) is 80.7 cm³/mol. The van der Waals surface area contributed by atoms with Crippen molar-refractivity contribution in [1.82, 2.24) is 9.88 Å². The number of pyridine rings is 1. The molecule has 20 heavy (non-hydrogen) atoms. The van der Waals surface area contributed by atoms with Crippen LogP contribution in [0.1, 0.15) is 0 Å². The minimum Gasteiger partial charge on any atom is -0.335 e. The first-order valence-electron chi connectivity index (χ1n) is 5.45. The third-order valence-electron chi connectivity index (χ3n) is 2.64. The Kier molecular flexibility index (Phi) is 4.04. The topological polar surface area (TPSA) is 67.3 Å². The van der Waals surface area contributed by atoms with E-state index in [1.165, 1.54) is 32.4 Å². The molecule has 0 unspecified atom stereocenters. The molecule has 0 saturated heterocycles. The second kappa shape index (κ2) is 5.31. The monoisotopic (exact) mass is 376 g/mol. The maximum atomic E-state index is 12.4. The Balaban J connectivity index is 2.85. The van der Waals surface area contributed by atoms with Crippen LogP contribution in [-0.2, 0) is 9.84 Å². The maximum absolute atomic E-state index is 12.4. The summed E-state index contributed by atoms with van der Waals surface area (Å²) >= 11 is 9.19. The number of aromatic nitrogens is 1. The molecule has 1 heterocycles. The molecule has 0 aliphatic carbocycles. The molecular weight excluding hydrogens is 368 g/mol. The largest absolute Gasteiger partial charge is 0.343 e. The Morgan fingerprint density at radius 1 is 1.30 bits per heavy atom. The molecule has 2 aromatic rings. The van der Waals surface area contributed by atoms with Gasteiger partial charge in [0.15, 0.2) is 0 Å². The second-order valence-electron chi connectivity index (χ2n) is 4.26. The number of benzene rings is 1. The van der Waals surface area contributed by atoms with Gasteiger partial charge in [-0.2, -0.15) is 0 Å². The van der Waals surface area contributed by atoms with Crippen LogP contribution in [0, 0.1) is 0 Å². The van der Waals surface area contributed by atoms with Gasteiger partial charge in [0.05, 0.1) is 4.90 Å². The van der Waals surface area contributed by atoms with Crippen LogP contribution in [0.3, 0.4) is 0 Å². The zero-order chi connectivity index (χ0) is 15.1. The van der Waals surface area contributed by atoms with Crippen molar-refractivity contribution in [3.05, 3.63) is 34.0 Å². The average molecular weight is 378 g/mol. The van der Waals surface area contributed by atoms with Gasteiger partial charge < -0.3 is 4.90 Å². The number of rotatable bonds is 1. The molecule has 1 aromatic heterocycles. The predicted octanol–water partition coefficient (Wildman–Crippen LogP) is 3.11. The number of carbonyl (C=O) groups is 1. The highest BCUT2D eigenvalue weighted by Crippen LogP contribution is 2.32. The lowest BCUT2D eigenvalue weighted by Gasteiger charge is -2.13. The number of nitrogens with zero attached hydrogens (tertiary/aromatic N) is 2. The molecule has 0 aliphatic heterocycles. The third kappa shape index (κ3) is 2.53. The molecule has 2 rings (SSSR count). The minimum absolute atomic E-state index is 0.0927. The fourth-order valence-electron chi connectivity index (χ4n) is 1.74. The Morgan fingerprint density at radius 3 is 2.55 bits per heavy atom. The van der Waals surface area contributed by atoms with Gasteiger partial charge in [0.2, 0.25) is 0 Å². The van der Waals surface area contributed by atoms with E-state index in [1.807, 2.05) is 0 Å². The highest BCUT2D eigenvalue weighted by atomic mass is 79.9. The van der Waals surface area contributed by atoms with Gasteiger partial charge in [-0.25, -0.2) is 13.4 Å². The number of sulfone groups is 1. The first-order valence-corrected chi connectivity index (χ1v) is 8.10. The van der Waals surface area contributed by atoms with E-state index in [0.717, 1.165) is 4.90 Å². The first kappa shape index (κ1) is 15.2. The maximum Gasteiger partial charge on any atom is 0.343 e. The SMILES string of the molecule is CN(C)C(=O)S(=O)(=O)c1cc(Br)cc2c(Cl)nccc12. The Bertz CT molecular complexity index is 806. The van der Waals surface area contributed by atoms with Gasteiger partial charge in [-0.05, 0) is 18.2 Å². The van der Waals surface area contributed by atoms with Crippen LogP contribution in [0.4, 0.5) is 4.79 Å². The van der Waals surface area contributed by atoms with E-state index in [1.54, 1.807) is 6.07 Å². The molecule has 0 saturated carbocycles. The lowest BCUT2D eigenvalue weighted by atomic mass is 10.2. The standard InChI is InChI=1S/C12H10BrClN2O3S/c1-16(2)12(17)20(18,19)10-6-7(13)5-9-8(10)3-4-15-11(9)14/h3-6H,1-2H3. The number of fused-ring (bicyclic) bond motifs is 1. The van der Waals surface area contributed by atoms with Gasteiger partial charge in [0, 0.05) is 35.5 Å². The zero-order valence-electron chi connectivity index (χ0n) is 10.6. The van der Waals surface area contributed by atoms with Gasteiger partial charge in [-0.3, -0.25) is 4.79 Å². The smallest absolute Gasteiger partial charge is 0.335 e. The summed E-state index contributed by atoms with van der Waals surface area (Å²) in [6.45, 7) is 0. The normalized spacial score (nSPS) is 11.6. The van der Waals surface area contributed by atoms with Crippen molar-refractivity contribution in [2.24, 2.45) is 0 Å². The Hall–Kier alpha value is -1.18. The van der Waals surface area contributed by atoms with Gasteiger partial charge >= 0.3 is 5.24 Å². The Morgan fingerprint density at radius 2 is 1.95 bits per heavy atom. The summed E-state index contributed by atoms with van der Waals surface area (Å²) in [4.78, 5) is 16.7.